The van der Waals surface area contributed by atoms with Gasteiger partial charge < -0.3 is 5.73 Å². The molecular formula is C10H13NS. The van der Waals surface area contributed by atoms with Crippen molar-refractivity contribution in [3.63, 3.8) is 0 Å². The Labute approximate surface area is 77.3 Å². The summed E-state index contributed by atoms with van der Waals surface area (Å²) in [5.41, 5.74) is 7.82. The second-order valence-corrected chi connectivity index (χ2v) is 4.71. The summed E-state index contributed by atoms with van der Waals surface area (Å²) in [5, 5.41) is 0.882. The van der Waals surface area contributed by atoms with Gasteiger partial charge in [0.15, 0.2) is 0 Å². The molecule has 1 aromatic rings. The van der Waals surface area contributed by atoms with Crippen molar-refractivity contribution in [3.8, 4) is 0 Å². The lowest BCUT2D eigenvalue weighted by Crippen LogP contribution is -1.88. The first-order chi connectivity index (χ1) is 5.75. The molecule has 0 aromatic heterocycles. The summed E-state index contributed by atoms with van der Waals surface area (Å²) in [5.74, 6) is 0. The first-order valence-corrected chi connectivity index (χ1v) is 5.16. The minimum atomic E-state index is 0.882. The third kappa shape index (κ3) is 1.75. The maximum atomic E-state index is 5.73. The zero-order chi connectivity index (χ0) is 8.55. The fraction of sp³-hybridized carbons (Fsp3) is 0.400. The summed E-state index contributed by atoms with van der Waals surface area (Å²) in [4.78, 5) is 1.37. The van der Waals surface area contributed by atoms with Crippen LogP contribution in [0.4, 0.5) is 5.69 Å². The Morgan fingerprint density at radius 3 is 2.75 bits per heavy atom. The maximum Gasteiger partial charge on any atom is 0.0344 e. The van der Waals surface area contributed by atoms with Crippen LogP contribution in [0.15, 0.2) is 23.1 Å². The highest BCUT2D eigenvalue weighted by Crippen LogP contribution is 2.39. The Morgan fingerprint density at radius 2 is 2.17 bits per heavy atom. The number of hydrogen-bond donors (Lipinski definition) is 1. The molecular weight excluding hydrogens is 166 g/mol. The normalized spacial score (nSPS) is 16.4. The van der Waals surface area contributed by atoms with Crippen LogP contribution < -0.4 is 5.73 Å². The molecule has 12 heavy (non-hydrogen) atoms. The van der Waals surface area contributed by atoms with E-state index in [1.54, 1.807) is 0 Å². The van der Waals surface area contributed by atoms with Crippen LogP contribution in [0.1, 0.15) is 18.4 Å². The summed E-state index contributed by atoms with van der Waals surface area (Å²) in [6, 6.07) is 6.30. The van der Waals surface area contributed by atoms with Crippen molar-refractivity contribution >= 4 is 17.4 Å². The van der Waals surface area contributed by atoms with E-state index in [0.717, 1.165) is 10.9 Å². The van der Waals surface area contributed by atoms with Crippen LogP contribution in [-0.4, -0.2) is 5.25 Å². The van der Waals surface area contributed by atoms with Crippen LogP contribution in [0.2, 0.25) is 0 Å². The number of nitrogens with two attached hydrogens (primary N) is 1. The quantitative estimate of drug-likeness (QED) is 0.706. The van der Waals surface area contributed by atoms with Crippen LogP contribution in [0.25, 0.3) is 0 Å². The van der Waals surface area contributed by atoms with Gasteiger partial charge in [-0.25, -0.2) is 0 Å². The molecule has 1 aromatic carbocycles. The zero-order valence-electron chi connectivity index (χ0n) is 7.21. The van der Waals surface area contributed by atoms with E-state index in [9.17, 15) is 0 Å². The smallest absolute Gasteiger partial charge is 0.0344 e. The number of hydrogen-bond acceptors (Lipinski definition) is 2. The van der Waals surface area contributed by atoms with E-state index >= 15 is 0 Å². The Kier molecular flexibility index (Phi) is 2.01. The van der Waals surface area contributed by atoms with Crippen molar-refractivity contribution in [2.24, 2.45) is 0 Å². The minimum absolute atomic E-state index is 0.882. The average molecular weight is 179 g/mol. The highest BCUT2D eigenvalue weighted by atomic mass is 32.2. The lowest BCUT2D eigenvalue weighted by Gasteiger charge is -2.03. The Hall–Kier alpha value is -0.630. The van der Waals surface area contributed by atoms with Gasteiger partial charge in [0.2, 0.25) is 0 Å². The first-order valence-electron chi connectivity index (χ1n) is 4.28. The van der Waals surface area contributed by atoms with Crippen LogP contribution in [0.3, 0.4) is 0 Å². The van der Waals surface area contributed by atoms with E-state index in [-0.39, 0.29) is 0 Å². The molecule has 2 heteroatoms. The Bertz CT molecular complexity index is 292. The number of rotatable bonds is 2. The zero-order valence-corrected chi connectivity index (χ0v) is 8.03. The van der Waals surface area contributed by atoms with Crippen LogP contribution in [0.5, 0.6) is 0 Å². The maximum absolute atomic E-state index is 5.73. The van der Waals surface area contributed by atoms with Gasteiger partial charge in [-0.15, -0.1) is 11.8 Å². The van der Waals surface area contributed by atoms with Crippen molar-refractivity contribution < 1.29 is 0 Å². The Morgan fingerprint density at radius 1 is 1.42 bits per heavy atom. The van der Waals surface area contributed by atoms with Crippen LogP contribution in [0, 0.1) is 6.92 Å². The molecule has 64 valence electrons. The van der Waals surface area contributed by atoms with Crippen molar-refractivity contribution in [2.45, 2.75) is 29.9 Å². The summed E-state index contributed by atoms with van der Waals surface area (Å²) in [7, 11) is 0. The fourth-order valence-corrected chi connectivity index (χ4v) is 2.25. The van der Waals surface area contributed by atoms with Crippen molar-refractivity contribution in [2.75, 3.05) is 5.73 Å². The SMILES string of the molecule is Cc1cc(SC2CC2)ccc1N. The van der Waals surface area contributed by atoms with Gasteiger partial charge in [0.25, 0.3) is 0 Å². The second-order valence-electron chi connectivity index (χ2n) is 3.34. The summed E-state index contributed by atoms with van der Waals surface area (Å²) in [6.07, 6.45) is 2.77. The van der Waals surface area contributed by atoms with Crippen molar-refractivity contribution in [1.29, 1.82) is 0 Å². The third-order valence-corrected chi connectivity index (χ3v) is 3.40. The van der Waals surface area contributed by atoms with Gasteiger partial charge in [-0.2, -0.15) is 0 Å². The van der Waals surface area contributed by atoms with Crippen LogP contribution in [-0.2, 0) is 0 Å². The molecule has 0 heterocycles. The molecule has 0 aliphatic heterocycles. The molecule has 0 amide bonds. The van der Waals surface area contributed by atoms with Gasteiger partial charge in [-0.1, -0.05) is 0 Å². The molecule has 1 saturated carbocycles. The van der Waals surface area contributed by atoms with Crippen molar-refractivity contribution in [3.05, 3.63) is 23.8 Å². The van der Waals surface area contributed by atoms with Gasteiger partial charge in [-0.05, 0) is 43.5 Å². The lowest BCUT2D eigenvalue weighted by molar-refractivity contribution is 1.35. The predicted molar refractivity (Wildman–Crippen MR) is 54.5 cm³/mol. The molecule has 1 aliphatic carbocycles. The minimum Gasteiger partial charge on any atom is -0.399 e. The van der Waals surface area contributed by atoms with E-state index in [1.165, 1.54) is 23.3 Å². The van der Waals surface area contributed by atoms with E-state index in [4.69, 9.17) is 5.73 Å². The van der Waals surface area contributed by atoms with Crippen LogP contribution >= 0.6 is 11.8 Å². The second kappa shape index (κ2) is 3.02. The molecule has 1 fully saturated rings. The average Bonchev–Trinajstić information content (AvgIpc) is 2.81. The summed E-state index contributed by atoms with van der Waals surface area (Å²) < 4.78 is 0. The number of benzene rings is 1. The molecule has 1 aliphatic rings. The molecule has 0 atom stereocenters. The van der Waals surface area contributed by atoms with Crippen molar-refractivity contribution in [1.82, 2.24) is 0 Å². The number of anilines is 1. The highest BCUT2D eigenvalue weighted by molar-refractivity contribution is 8.00. The van der Waals surface area contributed by atoms with E-state index < -0.39 is 0 Å². The van der Waals surface area contributed by atoms with E-state index in [1.807, 2.05) is 17.8 Å². The molecule has 0 unspecified atom stereocenters. The molecule has 2 rings (SSSR count). The van der Waals surface area contributed by atoms with Gasteiger partial charge in [0.1, 0.15) is 0 Å². The molecule has 0 spiro atoms. The lowest BCUT2D eigenvalue weighted by atomic mass is 10.2. The van der Waals surface area contributed by atoms with Gasteiger partial charge >= 0.3 is 0 Å². The summed E-state index contributed by atoms with van der Waals surface area (Å²) in [6.45, 7) is 2.06. The third-order valence-electron chi connectivity index (χ3n) is 2.07. The predicted octanol–water partition coefficient (Wildman–Crippen LogP) is 2.83. The van der Waals surface area contributed by atoms with Gasteiger partial charge in [0.05, 0.1) is 0 Å². The number of thioether (sulfide) groups is 1. The topological polar surface area (TPSA) is 26.0 Å². The molecule has 0 saturated heterocycles. The summed E-state index contributed by atoms with van der Waals surface area (Å²) >= 11 is 1.98. The van der Waals surface area contributed by atoms with Gasteiger partial charge in [-0.3, -0.25) is 0 Å². The number of nitrogen functional groups attached to an aromatic ring is 1. The molecule has 1 nitrogen and oxygen atoms in total. The largest absolute Gasteiger partial charge is 0.399 e. The van der Waals surface area contributed by atoms with E-state index in [2.05, 4.69) is 19.1 Å². The molecule has 2 N–H and O–H groups in total. The first kappa shape index (κ1) is 7.99. The Balaban J connectivity index is 2.15. The highest BCUT2D eigenvalue weighted by Gasteiger charge is 2.22. The molecule has 0 radical (unpaired) electrons. The fourth-order valence-electron chi connectivity index (χ4n) is 1.10. The standard InChI is InChI=1S/C10H13NS/c1-7-6-9(4-5-10(7)11)12-8-2-3-8/h4-6,8H,2-3,11H2,1H3. The monoisotopic (exact) mass is 179 g/mol. The van der Waals surface area contributed by atoms with Gasteiger partial charge in [0, 0.05) is 15.8 Å². The number of aryl methyl sites for hydroxylation is 1. The molecule has 0 bridgehead atoms. The van der Waals surface area contributed by atoms with E-state index in [0.29, 0.717) is 0 Å².